The second-order valence-corrected chi connectivity index (χ2v) is 5.22. The number of nitrogen functional groups attached to an aromatic ring is 1. The van der Waals surface area contributed by atoms with Gasteiger partial charge >= 0.3 is 0 Å². The Balaban J connectivity index is 2.13. The number of hydrogen-bond acceptors (Lipinski definition) is 5. The van der Waals surface area contributed by atoms with Crippen LogP contribution in [0.2, 0.25) is 0 Å². The van der Waals surface area contributed by atoms with Crippen LogP contribution < -0.4 is 16.6 Å². The average Bonchev–Trinajstić information content (AvgIpc) is 2.50. The van der Waals surface area contributed by atoms with E-state index in [4.69, 9.17) is 5.84 Å². The van der Waals surface area contributed by atoms with Crippen LogP contribution >= 0.6 is 15.9 Å². The predicted molar refractivity (Wildman–Crippen MR) is 84.7 cm³/mol. The van der Waals surface area contributed by atoms with Crippen molar-refractivity contribution in [3.8, 4) is 0 Å². The molecular formula is C14H11BrFN5. The van der Waals surface area contributed by atoms with Crippen LogP contribution in [-0.2, 0) is 0 Å². The number of fused-ring (bicyclic) bond motifs is 1. The topological polar surface area (TPSA) is 75.9 Å². The number of rotatable bonds is 3. The first-order chi connectivity index (χ1) is 10.2. The zero-order chi connectivity index (χ0) is 14.8. The van der Waals surface area contributed by atoms with Gasteiger partial charge in [0.05, 0.1) is 11.2 Å². The van der Waals surface area contributed by atoms with E-state index < -0.39 is 0 Å². The molecule has 106 valence electrons. The van der Waals surface area contributed by atoms with Crippen LogP contribution in [0.5, 0.6) is 0 Å². The summed E-state index contributed by atoms with van der Waals surface area (Å²) in [6, 6.07) is 12.1. The van der Waals surface area contributed by atoms with Crippen molar-refractivity contribution in [2.24, 2.45) is 5.84 Å². The maximum atomic E-state index is 13.9. The number of nitrogens with zero attached hydrogens (tertiary/aromatic N) is 2. The van der Waals surface area contributed by atoms with E-state index in [1.807, 2.05) is 24.3 Å². The maximum Gasteiger partial charge on any atom is 0.239 e. The Labute approximate surface area is 128 Å². The highest BCUT2D eigenvalue weighted by Gasteiger charge is 2.10. The Morgan fingerprint density at radius 1 is 1.10 bits per heavy atom. The highest BCUT2D eigenvalue weighted by Crippen LogP contribution is 2.27. The van der Waals surface area contributed by atoms with Crippen LogP contribution in [-0.4, -0.2) is 9.97 Å². The fourth-order valence-electron chi connectivity index (χ4n) is 1.96. The number of anilines is 3. The van der Waals surface area contributed by atoms with E-state index in [0.717, 1.165) is 9.86 Å². The summed E-state index contributed by atoms with van der Waals surface area (Å²) in [6.07, 6.45) is 0. The molecule has 4 N–H and O–H groups in total. The summed E-state index contributed by atoms with van der Waals surface area (Å²) < 4.78 is 14.6. The Morgan fingerprint density at radius 2 is 1.90 bits per heavy atom. The zero-order valence-electron chi connectivity index (χ0n) is 10.8. The third-order valence-corrected chi connectivity index (χ3v) is 3.41. The molecule has 21 heavy (non-hydrogen) atoms. The molecule has 0 aliphatic carbocycles. The second kappa shape index (κ2) is 5.63. The van der Waals surface area contributed by atoms with Gasteiger partial charge in [0.25, 0.3) is 0 Å². The summed E-state index contributed by atoms with van der Waals surface area (Å²) >= 11 is 3.32. The molecule has 3 aromatic rings. The number of nitrogens with two attached hydrogens (primary N) is 1. The van der Waals surface area contributed by atoms with Crippen molar-refractivity contribution in [3.05, 3.63) is 52.8 Å². The Morgan fingerprint density at radius 3 is 2.71 bits per heavy atom. The fourth-order valence-corrected chi connectivity index (χ4v) is 2.32. The minimum atomic E-state index is -0.372. The van der Waals surface area contributed by atoms with Crippen LogP contribution in [0.4, 0.5) is 21.8 Å². The second-order valence-electron chi connectivity index (χ2n) is 4.31. The SMILES string of the molecule is NNc1nc(Nc2cc(Br)ccc2F)c2ccccc2n1. The lowest BCUT2D eigenvalue weighted by Gasteiger charge is -2.11. The van der Waals surface area contributed by atoms with Crippen LogP contribution in [0.15, 0.2) is 46.9 Å². The molecule has 0 saturated carbocycles. The van der Waals surface area contributed by atoms with Crippen molar-refractivity contribution in [1.29, 1.82) is 0 Å². The summed E-state index contributed by atoms with van der Waals surface area (Å²) in [5.74, 6) is 5.73. The molecule has 0 bridgehead atoms. The monoisotopic (exact) mass is 347 g/mol. The van der Waals surface area contributed by atoms with E-state index in [-0.39, 0.29) is 11.8 Å². The molecule has 1 heterocycles. The molecule has 0 saturated heterocycles. The van der Waals surface area contributed by atoms with Gasteiger partial charge in [-0.3, -0.25) is 5.43 Å². The first-order valence-electron chi connectivity index (χ1n) is 6.13. The summed E-state index contributed by atoms with van der Waals surface area (Å²) in [6.45, 7) is 0. The highest BCUT2D eigenvalue weighted by atomic mass is 79.9. The fraction of sp³-hybridized carbons (Fsp3) is 0. The summed E-state index contributed by atoms with van der Waals surface area (Å²) in [5.41, 5.74) is 3.43. The normalized spacial score (nSPS) is 10.6. The molecule has 0 aliphatic heterocycles. The van der Waals surface area contributed by atoms with Crippen molar-refractivity contribution in [3.63, 3.8) is 0 Å². The van der Waals surface area contributed by atoms with Crippen molar-refractivity contribution in [2.45, 2.75) is 0 Å². The van der Waals surface area contributed by atoms with Gasteiger partial charge in [0.1, 0.15) is 11.6 Å². The molecule has 0 spiro atoms. The Hall–Kier alpha value is -2.25. The average molecular weight is 348 g/mol. The van der Waals surface area contributed by atoms with E-state index in [2.05, 4.69) is 36.6 Å². The van der Waals surface area contributed by atoms with Gasteiger partial charge in [-0.25, -0.2) is 15.2 Å². The van der Waals surface area contributed by atoms with Crippen LogP contribution in [0.1, 0.15) is 0 Å². The molecular weight excluding hydrogens is 337 g/mol. The van der Waals surface area contributed by atoms with Crippen LogP contribution in [0.25, 0.3) is 10.9 Å². The Bertz CT molecular complexity index is 808. The molecule has 1 aromatic heterocycles. The molecule has 0 amide bonds. The smallest absolute Gasteiger partial charge is 0.239 e. The van der Waals surface area contributed by atoms with E-state index in [1.54, 1.807) is 12.1 Å². The zero-order valence-corrected chi connectivity index (χ0v) is 12.4. The predicted octanol–water partition coefficient (Wildman–Crippen LogP) is 3.56. The first kappa shape index (κ1) is 13.7. The largest absolute Gasteiger partial charge is 0.337 e. The summed E-state index contributed by atoms with van der Waals surface area (Å²) in [4.78, 5) is 8.49. The van der Waals surface area contributed by atoms with E-state index in [0.29, 0.717) is 17.0 Å². The van der Waals surface area contributed by atoms with Gasteiger partial charge in [0.2, 0.25) is 5.95 Å². The molecule has 0 radical (unpaired) electrons. The molecule has 2 aromatic carbocycles. The van der Waals surface area contributed by atoms with Gasteiger partial charge in [-0.05, 0) is 30.3 Å². The van der Waals surface area contributed by atoms with Crippen molar-refractivity contribution in [2.75, 3.05) is 10.7 Å². The summed E-state index contributed by atoms with van der Waals surface area (Å²) in [7, 11) is 0. The maximum absolute atomic E-state index is 13.9. The van der Waals surface area contributed by atoms with Gasteiger partial charge in [0, 0.05) is 9.86 Å². The van der Waals surface area contributed by atoms with Crippen molar-refractivity contribution < 1.29 is 4.39 Å². The minimum absolute atomic E-state index is 0.256. The number of benzene rings is 2. The van der Waals surface area contributed by atoms with Crippen molar-refractivity contribution in [1.82, 2.24) is 9.97 Å². The van der Waals surface area contributed by atoms with Crippen LogP contribution in [0.3, 0.4) is 0 Å². The van der Waals surface area contributed by atoms with Gasteiger partial charge < -0.3 is 5.32 Å². The third kappa shape index (κ3) is 2.79. The number of para-hydroxylation sites is 1. The van der Waals surface area contributed by atoms with Gasteiger partial charge in [-0.2, -0.15) is 4.98 Å². The number of aromatic nitrogens is 2. The lowest BCUT2D eigenvalue weighted by atomic mass is 10.2. The van der Waals surface area contributed by atoms with Crippen LogP contribution in [0, 0.1) is 5.82 Å². The first-order valence-corrected chi connectivity index (χ1v) is 6.92. The molecule has 3 rings (SSSR count). The Kier molecular flexibility index (Phi) is 3.68. The van der Waals surface area contributed by atoms with Gasteiger partial charge in [-0.15, -0.1) is 0 Å². The van der Waals surface area contributed by atoms with E-state index in [1.165, 1.54) is 6.07 Å². The lowest BCUT2D eigenvalue weighted by Crippen LogP contribution is -2.11. The molecule has 7 heteroatoms. The lowest BCUT2D eigenvalue weighted by molar-refractivity contribution is 0.631. The molecule has 5 nitrogen and oxygen atoms in total. The summed E-state index contributed by atoms with van der Waals surface area (Å²) in [5, 5.41) is 3.75. The molecule has 0 aliphatic rings. The van der Waals surface area contributed by atoms with Gasteiger partial charge in [0.15, 0.2) is 0 Å². The number of hydrazine groups is 1. The van der Waals surface area contributed by atoms with E-state index >= 15 is 0 Å². The minimum Gasteiger partial charge on any atom is -0.337 e. The molecule has 0 unspecified atom stereocenters. The quantitative estimate of drug-likeness (QED) is 0.498. The highest BCUT2D eigenvalue weighted by molar-refractivity contribution is 9.10. The molecule has 0 fully saturated rings. The van der Waals surface area contributed by atoms with E-state index in [9.17, 15) is 4.39 Å². The number of halogens is 2. The van der Waals surface area contributed by atoms with Crippen molar-refractivity contribution >= 4 is 44.3 Å². The standard InChI is InChI=1S/C14H11BrFN5/c15-8-5-6-10(16)12(7-8)18-13-9-3-1-2-4-11(9)19-14(20-13)21-17/h1-7H,17H2,(H2,18,19,20,21). The third-order valence-electron chi connectivity index (χ3n) is 2.91. The number of nitrogens with one attached hydrogen (secondary N) is 2. The molecule has 0 atom stereocenters. The van der Waals surface area contributed by atoms with Gasteiger partial charge in [-0.1, -0.05) is 28.1 Å². The number of hydrogen-bond donors (Lipinski definition) is 3.